The van der Waals surface area contributed by atoms with Crippen LogP contribution >= 0.6 is 11.6 Å². The first kappa shape index (κ1) is 19.3. The summed E-state index contributed by atoms with van der Waals surface area (Å²) >= 11 is 6.17. The number of carbonyl (C=O) groups excluding carboxylic acids is 1. The molecule has 1 amide bonds. The largest absolute Gasteiger partial charge is 0.354 e. The minimum atomic E-state index is -0.106. The molecule has 1 fully saturated rings. The molecule has 1 aliphatic rings. The number of carbonyl (C=O) groups is 1. The fraction of sp³-hybridized carbons (Fsp3) is 0.273. The lowest BCUT2D eigenvalue weighted by Gasteiger charge is -2.32. The number of benzene rings is 1. The van der Waals surface area contributed by atoms with E-state index in [2.05, 4.69) is 25.4 Å². The summed E-state index contributed by atoms with van der Waals surface area (Å²) in [7, 11) is 0. The van der Waals surface area contributed by atoms with Gasteiger partial charge in [0.15, 0.2) is 5.82 Å². The number of amides is 1. The van der Waals surface area contributed by atoms with Gasteiger partial charge in [0.1, 0.15) is 0 Å². The average molecular weight is 408 g/mol. The number of anilines is 2. The van der Waals surface area contributed by atoms with E-state index in [1.165, 1.54) is 0 Å². The van der Waals surface area contributed by atoms with E-state index in [-0.39, 0.29) is 11.8 Å². The van der Waals surface area contributed by atoms with Gasteiger partial charge in [-0.2, -0.15) is 0 Å². The summed E-state index contributed by atoms with van der Waals surface area (Å²) in [5.74, 6) is 0.695. The molecule has 0 spiro atoms. The van der Waals surface area contributed by atoms with E-state index in [1.807, 2.05) is 43.3 Å². The van der Waals surface area contributed by atoms with Crippen LogP contribution in [-0.4, -0.2) is 34.2 Å². The Morgan fingerprint density at radius 3 is 2.69 bits per heavy atom. The van der Waals surface area contributed by atoms with Gasteiger partial charge in [-0.1, -0.05) is 17.7 Å². The van der Waals surface area contributed by atoms with Crippen molar-refractivity contribution in [3.8, 4) is 11.3 Å². The first-order valence-electron chi connectivity index (χ1n) is 9.66. The number of aromatic nitrogens is 3. The van der Waals surface area contributed by atoms with Crippen molar-refractivity contribution in [2.45, 2.75) is 19.8 Å². The van der Waals surface area contributed by atoms with E-state index in [0.717, 1.165) is 47.7 Å². The Morgan fingerprint density at radius 2 is 1.97 bits per heavy atom. The number of piperidine rings is 1. The molecule has 0 aliphatic carbocycles. The summed E-state index contributed by atoms with van der Waals surface area (Å²) in [6, 6.07) is 13.3. The third-order valence-electron chi connectivity index (χ3n) is 5.18. The summed E-state index contributed by atoms with van der Waals surface area (Å²) < 4.78 is 0. The van der Waals surface area contributed by atoms with Crippen LogP contribution in [0.4, 0.5) is 11.5 Å². The number of rotatable bonds is 4. The lowest BCUT2D eigenvalue weighted by molar-refractivity contribution is -0.120. The molecule has 1 saturated heterocycles. The van der Waals surface area contributed by atoms with E-state index in [9.17, 15) is 4.79 Å². The van der Waals surface area contributed by atoms with E-state index in [0.29, 0.717) is 11.6 Å². The molecule has 1 atom stereocenters. The first-order chi connectivity index (χ1) is 14.1. The molecule has 0 bridgehead atoms. The van der Waals surface area contributed by atoms with Crippen LogP contribution in [0.2, 0.25) is 5.02 Å². The number of pyridine rings is 1. The van der Waals surface area contributed by atoms with E-state index in [1.54, 1.807) is 18.5 Å². The molecule has 1 N–H and O–H groups in total. The van der Waals surface area contributed by atoms with Gasteiger partial charge in [0.25, 0.3) is 0 Å². The van der Waals surface area contributed by atoms with Crippen molar-refractivity contribution in [1.82, 2.24) is 15.2 Å². The van der Waals surface area contributed by atoms with Crippen LogP contribution in [0, 0.1) is 12.8 Å². The lowest BCUT2D eigenvalue weighted by atomic mass is 9.97. The van der Waals surface area contributed by atoms with Crippen LogP contribution in [0.5, 0.6) is 0 Å². The minimum Gasteiger partial charge on any atom is -0.354 e. The van der Waals surface area contributed by atoms with Crippen LogP contribution in [-0.2, 0) is 4.79 Å². The van der Waals surface area contributed by atoms with Crippen molar-refractivity contribution in [1.29, 1.82) is 0 Å². The number of hydrogen-bond acceptors (Lipinski definition) is 5. The number of nitrogens with one attached hydrogen (secondary N) is 1. The first-order valence-corrected chi connectivity index (χ1v) is 10.0. The van der Waals surface area contributed by atoms with Crippen molar-refractivity contribution >= 4 is 29.0 Å². The maximum atomic E-state index is 12.8. The number of aryl methyl sites for hydroxylation is 1. The summed E-state index contributed by atoms with van der Waals surface area (Å²) in [5.41, 5.74) is 3.50. The van der Waals surface area contributed by atoms with Gasteiger partial charge < -0.3 is 10.2 Å². The normalized spacial score (nSPS) is 16.5. The van der Waals surface area contributed by atoms with Gasteiger partial charge in [-0.25, -0.2) is 0 Å². The van der Waals surface area contributed by atoms with Crippen LogP contribution < -0.4 is 10.2 Å². The topological polar surface area (TPSA) is 71.0 Å². The van der Waals surface area contributed by atoms with E-state index in [4.69, 9.17) is 11.6 Å². The maximum absolute atomic E-state index is 12.8. The van der Waals surface area contributed by atoms with Gasteiger partial charge in [0.2, 0.25) is 5.91 Å². The highest BCUT2D eigenvalue weighted by Crippen LogP contribution is 2.25. The molecule has 3 heterocycles. The second-order valence-electron chi connectivity index (χ2n) is 7.25. The Kier molecular flexibility index (Phi) is 5.71. The van der Waals surface area contributed by atoms with Gasteiger partial charge in [-0.15, -0.1) is 10.2 Å². The summed E-state index contributed by atoms with van der Waals surface area (Å²) in [6.07, 6.45) is 5.25. The maximum Gasteiger partial charge on any atom is 0.229 e. The minimum absolute atomic E-state index is 0.0102. The Hall–Kier alpha value is -2.99. The molecule has 1 unspecified atom stereocenters. The Balaban J connectivity index is 1.42. The molecule has 2 aromatic heterocycles. The Morgan fingerprint density at radius 1 is 1.14 bits per heavy atom. The van der Waals surface area contributed by atoms with Crippen LogP contribution in [0.15, 0.2) is 54.9 Å². The molecular weight excluding hydrogens is 386 g/mol. The van der Waals surface area contributed by atoms with Crippen molar-refractivity contribution in [2.24, 2.45) is 5.92 Å². The van der Waals surface area contributed by atoms with Crippen molar-refractivity contribution in [3.63, 3.8) is 0 Å². The van der Waals surface area contributed by atoms with Gasteiger partial charge in [0.05, 0.1) is 11.6 Å². The highest BCUT2D eigenvalue weighted by atomic mass is 35.5. The molecule has 0 radical (unpaired) electrons. The molecule has 148 valence electrons. The van der Waals surface area contributed by atoms with Crippen LogP contribution in [0.3, 0.4) is 0 Å². The van der Waals surface area contributed by atoms with Crippen LogP contribution in [0.25, 0.3) is 11.3 Å². The molecule has 6 nitrogen and oxygen atoms in total. The van der Waals surface area contributed by atoms with Crippen molar-refractivity contribution < 1.29 is 4.79 Å². The fourth-order valence-corrected chi connectivity index (χ4v) is 3.67. The van der Waals surface area contributed by atoms with Gasteiger partial charge in [0, 0.05) is 41.8 Å². The SMILES string of the molecule is Cc1ccc(NC(=O)C2CCCN(c3ccc(-c4ccncc4)nn3)C2)cc1Cl. The fourth-order valence-electron chi connectivity index (χ4n) is 3.48. The van der Waals surface area contributed by atoms with E-state index >= 15 is 0 Å². The van der Waals surface area contributed by atoms with Crippen molar-refractivity contribution in [3.05, 3.63) is 65.4 Å². The van der Waals surface area contributed by atoms with Gasteiger partial charge in [-0.05, 0) is 61.7 Å². The molecule has 1 aromatic carbocycles. The highest BCUT2D eigenvalue weighted by Gasteiger charge is 2.27. The predicted octanol–water partition coefficient (Wildman–Crippen LogP) is 4.36. The third-order valence-corrected chi connectivity index (χ3v) is 5.59. The molecule has 29 heavy (non-hydrogen) atoms. The average Bonchev–Trinajstić information content (AvgIpc) is 2.77. The van der Waals surface area contributed by atoms with Crippen molar-refractivity contribution in [2.75, 3.05) is 23.3 Å². The summed E-state index contributed by atoms with van der Waals surface area (Å²) in [4.78, 5) is 18.9. The second-order valence-corrected chi connectivity index (χ2v) is 7.66. The standard InChI is InChI=1S/C22H22ClN5O/c1-15-4-5-18(13-19(15)23)25-22(29)17-3-2-12-28(14-17)21-7-6-20(26-27-21)16-8-10-24-11-9-16/h4-11,13,17H,2-3,12,14H2,1H3,(H,25,29). The zero-order chi connectivity index (χ0) is 20.2. The molecular formula is C22H22ClN5O. The van der Waals surface area contributed by atoms with Gasteiger partial charge >= 0.3 is 0 Å². The molecule has 0 saturated carbocycles. The summed E-state index contributed by atoms with van der Waals surface area (Å²) in [5, 5.41) is 12.4. The number of nitrogens with zero attached hydrogens (tertiary/aromatic N) is 4. The quantitative estimate of drug-likeness (QED) is 0.695. The number of halogens is 1. The lowest BCUT2D eigenvalue weighted by Crippen LogP contribution is -2.41. The molecule has 1 aliphatic heterocycles. The molecule has 4 rings (SSSR count). The predicted molar refractivity (Wildman–Crippen MR) is 115 cm³/mol. The Bertz CT molecular complexity index is 994. The van der Waals surface area contributed by atoms with E-state index < -0.39 is 0 Å². The van der Waals surface area contributed by atoms with Crippen LogP contribution in [0.1, 0.15) is 18.4 Å². The molecule has 7 heteroatoms. The van der Waals surface area contributed by atoms with Gasteiger partial charge in [-0.3, -0.25) is 9.78 Å². The number of hydrogen-bond donors (Lipinski definition) is 1. The Labute approximate surface area is 174 Å². The third kappa shape index (κ3) is 4.54. The second kappa shape index (κ2) is 8.57. The smallest absolute Gasteiger partial charge is 0.229 e. The summed E-state index contributed by atoms with van der Waals surface area (Å²) in [6.45, 7) is 3.42. The molecule has 3 aromatic rings. The highest BCUT2D eigenvalue weighted by molar-refractivity contribution is 6.31. The zero-order valence-corrected chi connectivity index (χ0v) is 16.9. The zero-order valence-electron chi connectivity index (χ0n) is 16.2. The monoisotopic (exact) mass is 407 g/mol.